The lowest BCUT2D eigenvalue weighted by Crippen LogP contribution is -2.21. The summed E-state index contributed by atoms with van der Waals surface area (Å²) in [6.45, 7) is 0.909. The van der Waals surface area contributed by atoms with Gasteiger partial charge in [-0.3, -0.25) is 14.1 Å². The Kier molecular flexibility index (Phi) is 5.01. The van der Waals surface area contributed by atoms with Crippen LogP contribution in [0.1, 0.15) is 17.8 Å². The number of rotatable bonds is 6. The van der Waals surface area contributed by atoms with E-state index in [4.69, 9.17) is 9.47 Å². The maximum atomic E-state index is 13.0. The van der Waals surface area contributed by atoms with Gasteiger partial charge in [0.15, 0.2) is 0 Å². The van der Waals surface area contributed by atoms with Gasteiger partial charge >= 0.3 is 0 Å². The molecule has 3 aromatic rings. The van der Waals surface area contributed by atoms with E-state index in [0.717, 1.165) is 18.7 Å². The summed E-state index contributed by atoms with van der Waals surface area (Å²) in [6.07, 6.45) is 1.66. The third-order valence-corrected chi connectivity index (χ3v) is 6.30. The summed E-state index contributed by atoms with van der Waals surface area (Å²) in [7, 11) is -1.00. The predicted molar refractivity (Wildman–Crippen MR) is 109 cm³/mol. The zero-order chi connectivity index (χ0) is 20.6. The molecule has 8 nitrogen and oxygen atoms in total. The average molecular weight is 415 g/mol. The monoisotopic (exact) mass is 415 g/mol. The van der Waals surface area contributed by atoms with Crippen molar-refractivity contribution in [3.05, 3.63) is 58.1 Å². The van der Waals surface area contributed by atoms with Crippen LogP contribution in [-0.2, 0) is 34.3 Å². The van der Waals surface area contributed by atoms with Crippen molar-refractivity contribution in [1.82, 2.24) is 9.55 Å². The summed E-state index contributed by atoms with van der Waals surface area (Å²) in [6, 6.07) is 9.62. The van der Waals surface area contributed by atoms with E-state index < -0.39 is 10.0 Å². The van der Waals surface area contributed by atoms with Crippen LogP contribution in [-0.4, -0.2) is 32.2 Å². The van der Waals surface area contributed by atoms with Gasteiger partial charge in [-0.1, -0.05) is 6.07 Å². The van der Waals surface area contributed by atoms with Crippen LogP contribution in [0.4, 0.5) is 5.69 Å². The summed E-state index contributed by atoms with van der Waals surface area (Å²) in [5.41, 5.74) is 1.40. The van der Waals surface area contributed by atoms with E-state index in [9.17, 15) is 13.2 Å². The van der Waals surface area contributed by atoms with Crippen LogP contribution in [0, 0.1) is 0 Å². The van der Waals surface area contributed by atoms with E-state index in [1.54, 1.807) is 28.8 Å². The highest BCUT2D eigenvalue weighted by atomic mass is 32.2. The van der Waals surface area contributed by atoms with Crippen molar-refractivity contribution in [3.8, 4) is 5.75 Å². The van der Waals surface area contributed by atoms with Crippen LogP contribution in [0.3, 0.4) is 0 Å². The smallest absolute Gasteiger partial charge is 0.265 e. The molecule has 2 aromatic carbocycles. The second-order valence-corrected chi connectivity index (χ2v) is 8.49. The van der Waals surface area contributed by atoms with Crippen LogP contribution in [0.2, 0.25) is 0 Å². The number of fused-ring (bicyclic) bond motifs is 2. The molecule has 0 fully saturated rings. The van der Waals surface area contributed by atoms with Gasteiger partial charge in [0, 0.05) is 25.8 Å². The molecule has 0 amide bonds. The fraction of sp³-hybridized carbons (Fsp3) is 0.300. The molecule has 0 aliphatic carbocycles. The molecule has 1 N–H and O–H groups in total. The van der Waals surface area contributed by atoms with Gasteiger partial charge in [0.1, 0.15) is 16.5 Å². The first-order valence-corrected chi connectivity index (χ1v) is 10.6. The minimum Gasteiger partial charge on any atom is -0.495 e. The number of benzene rings is 2. The van der Waals surface area contributed by atoms with Gasteiger partial charge in [-0.2, -0.15) is 0 Å². The number of aryl methyl sites for hydroxylation is 1. The molecule has 1 aromatic heterocycles. The average Bonchev–Trinajstić information content (AvgIpc) is 3.17. The number of methoxy groups -OCH3 is 2. The molecule has 0 atom stereocenters. The second-order valence-electron chi connectivity index (χ2n) is 6.84. The largest absolute Gasteiger partial charge is 0.495 e. The highest BCUT2D eigenvalue weighted by molar-refractivity contribution is 7.92. The lowest BCUT2D eigenvalue weighted by atomic mass is 10.2. The van der Waals surface area contributed by atoms with Crippen molar-refractivity contribution in [2.75, 3.05) is 18.9 Å². The first-order chi connectivity index (χ1) is 13.9. The Hall–Kier alpha value is -2.91. The number of sulfonamides is 1. The fourth-order valence-electron chi connectivity index (χ4n) is 3.54. The summed E-state index contributed by atoms with van der Waals surface area (Å²) >= 11 is 0. The van der Waals surface area contributed by atoms with Gasteiger partial charge in [0.05, 0.1) is 24.6 Å². The highest BCUT2D eigenvalue weighted by Crippen LogP contribution is 2.28. The molecule has 9 heteroatoms. The maximum absolute atomic E-state index is 13.0. The Morgan fingerprint density at radius 2 is 2.00 bits per heavy atom. The normalized spacial score (nSPS) is 13.4. The molecule has 1 aliphatic heterocycles. The van der Waals surface area contributed by atoms with E-state index in [1.807, 2.05) is 0 Å². The summed E-state index contributed by atoms with van der Waals surface area (Å²) < 4.78 is 40.5. The number of anilines is 1. The predicted octanol–water partition coefficient (Wildman–Crippen LogP) is 2.30. The van der Waals surface area contributed by atoms with Crippen molar-refractivity contribution in [2.24, 2.45) is 0 Å². The molecule has 152 valence electrons. The topological polar surface area (TPSA) is 99.5 Å². The number of aromatic nitrogens is 2. The van der Waals surface area contributed by atoms with E-state index in [1.165, 1.54) is 26.4 Å². The number of hydrogen-bond donors (Lipinski definition) is 1. The Labute approximate surface area is 168 Å². The van der Waals surface area contributed by atoms with Gasteiger partial charge in [-0.05, 0) is 42.3 Å². The standard InChI is InChI=1S/C20H21N3O5S/c1-27-12-13-5-8-17(28-2)18(10-13)29(25,26)22-14-6-7-16-15(11-14)20(24)23-9-3-4-19(23)21-16/h5-8,10-11,22H,3-4,9,12H2,1-2H3. The van der Waals surface area contributed by atoms with Crippen LogP contribution in [0.25, 0.3) is 10.9 Å². The van der Waals surface area contributed by atoms with Crippen molar-refractivity contribution in [3.63, 3.8) is 0 Å². The van der Waals surface area contributed by atoms with Gasteiger partial charge in [-0.25, -0.2) is 13.4 Å². The van der Waals surface area contributed by atoms with Crippen LogP contribution in [0.15, 0.2) is 46.1 Å². The summed E-state index contributed by atoms with van der Waals surface area (Å²) in [5, 5.41) is 0.385. The first-order valence-electron chi connectivity index (χ1n) is 9.15. The SMILES string of the molecule is COCc1ccc(OC)c(S(=O)(=O)Nc2ccc3nc4n(c(=O)c3c2)CCC4)c1. The lowest BCUT2D eigenvalue weighted by molar-refractivity contribution is 0.184. The minimum absolute atomic E-state index is 0.00144. The second kappa shape index (κ2) is 7.49. The van der Waals surface area contributed by atoms with Gasteiger partial charge in [0.25, 0.3) is 15.6 Å². The van der Waals surface area contributed by atoms with Crippen LogP contribution in [0.5, 0.6) is 5.75 Å². The van der Waals surface area contributed by atoms with Crippen LogP contribution < -0.4 is 15.0 Å². The third kappa shape index (κ3) is 3.58. The van der Waals surface area contributed by atoms with E-state index in [-0.39, 0.29) is 28.5 Å². The first kappa shape index (κ1) is 19.4. The molecule has 0 saturated heterocycles. The van der Waals surface area contributed by atoms with Crippen molar-refractivity contribution >= 4 is 26.6 Å². The molecule has 1 aliphatic rings. The van der Waals surface area contributed by atoms with E-state index >= 15 is 0 Å². The quantitative estimate of drug-likeness (QED) is 0.663. The number of ether oxygens (including phenoxy) is 2. The van der Waals surface area contributed by atoms with Crippen LogP contribution >= 0.6 is 0 Å². The molecule has 0 radical (unpaired) electrons. The molecule has 0 bridgehead atoms. The van der Waals surface area contributed by atoms with Gasteiger partial charge in [-0.15, -0.1) is 0 Å². The zero-order valence-electron chi connectivity index (χ0n) is 16.1. The van der Waals surface area contributed by atoms with Gasteiger partial charge in [0.2, 0.25) is 0 Å². The van der Waals surface area contributed by atoms with E-state index in [0.29, 0.717) is 23.0 Å². The molecule has 29 heavy (non-hydrogen) atoms. The molecular formula is C20H21N3O5S. The number of nitrogens with one attached hydrogen (secondary N) is 1. The molecule has 2 heterocycles. The molecule has 0 saturated carbocycles. The Morgan fingerprint density at radius 3 is 2.76 bits per heavy atom. The van der Waals surface area contributed by atoms with E-state index in [2.05, 4.69) is 9.71 Å². The zero-order valence-corrected chi connectivity index (χ0v) is 17.0. The molecular weight excluding hydrogens is 394 g/mol. The Balaban J connectivity index is 1.74. The Morgan fingerprint density at radius 1 is 1.17 bits per heavy atom. The maximum Gasteiger partial charge on any atom is 0.265 e. The van der Waals surface area contributed by atoms with Gasteiger partial charge < -0.3 is 9.47 Å². The van der Waals surface area contributed by atoms with Crippen molar-refractivity contribution in [2.45, 2.75) is 30.9 Å². The molecule has 4 rings (SSSR count). The number of nitrogens with zero attached hydrogens (tertiary/aromatic N) is 2. The van der Waals surface area contributed by atoms with Crippen molar-refractivity contribution < 1.29 is 17.9 Å². The minimum atomic E-state index is -3.95. The molecule has 0 spiro atoms. The fourth-order valence-corrected chi connectivity index (χ4v) is 4.81. The van der Waals surface area contributed by atoms with Crippen molar-refractivity contribution in [1.29, 1.82) is 0 Å². The Bertz CT molecular complexity index is 1250. The summed E-state index contributed by atoms with van der Waals surface area (Å²) in [5.74, 6) is 0.994. The third-order valence-electron chi connectivity index (χ3n) is 4.90. The lowest BCUT2D eigenvalue weighted by Gasteiger charge is -2.13. The highest BCUT2D eigenvalue weighted by Gasteiger charge is 2.22. The number of hydrogen-bond acceptors (Lipinski definition) is 6. The molecule has 0 unspecified atom stereocenters. The summed E-state index contributed by atoms with van der Waals surface area (Å²) in [4.78, 5) is 17.3.